The van der Waals surface area contributed by atoms with Gasteiger partial charge in [-0.15, -0.1) is 0 Å². The Balaban J connectivity index is 2.02. The third-order valence-electron chi connectivity index (χ3n) is 5.13. The largest absolute Gasteiger partial charge is 0.473 e. The molecule has 3 unspecified atom stereocenters. The molecule has 3 rings (SSSR count). The molecule has 0 spiro atoms. The van der Waals surface area contributed by atoms with E-state index in [0.29, 0.717) is 25.0 Å². The number of aromatic nitrogens is 2. The van der Waals surface area contributed by atoms with Crippen LogP contribution in [0.25, 0.3) is 0 Å². The second-order valence-electron chi connectivity index (χ2n) is 9.45. The molecular formula is C19H32N3O7P. The molecule has 2 saturated heterocycles. The van der Waals surface area contributed by atoms with E-state index in [-0.39, 0.29) is 11.7 Å². The number of fused-ring (bicyclic) bond motifs is 2. The van der Waals surface area contributed by atoms with Crippen LogP contribution >= 0.6 is 7.82 Å². The monoisotopic (exact) mass is 445 g/mol. The summed E-state index contributed by atoms with van der Waals surface area (Å²) in [5.41, 5.74) is 3.98. The van der Waals surface area contributed by atoms with E-state index in [9.17, 15) is 14.3 Å². The van der Waals surface area contributed by atoms with Crippen LogP contribution in [0.15, 0.2) is 11.0 Å². The molecule has 3 heterocycles. The predicted molar refractivity (Wildman–Crippen MR) is 110 cm³/mol. The smallest absolute Gasteiger partial charge is 0.383 e. The quantitative estimate of drug-likeness (QED) is 0.633. The summed E-state index contributed by atoms with van der Waals surface area (Å²) in [5, 5.41) is 0. The molecule has 11 heteroatoms. The van der Waals surface area contributed by atoms with Crippen molar-refractivity contribution in [2.75, 3.05) is 12.3 Å². The van der Waals surface area contributed by atoms with Gasteiger partial charge in [0.1, 0.15) is 23.6 Å². The molecule has 0 aromatic carbocycles. The zero-order valence-electron chi connectivity index (χ0n) is 18.3. The molecule has 0 aliphatic carbocycles. The lowest BCUT2D eigenvalue weighted by atomic mass is 9.82. The number of phosphoric ester groups is 1. The van der Waals surface area contributed by atoms with Crippen molar-refractivity contribution in [2.45, 2.75) is 84.0 Å². The molecule has 0 radical (unpaired) electrons. The summed E-state index contributed by atoms with van der Waals surface area (Å²) in [5.74, 6) is 0.347. The van der Waals surface area contributed by atoms with E-state index >= 15 is 0 Å². The highest BCUT2D eigenvalue weighted by Gasteiger charge is 2.61. The lowest BCUT2D eigenvalue weighted by Crippen LogP contribution is -2.51. The van der Waals surface area contributed by atoms with Gasteiger partial charge in [0.25, 0.3) is 0 Å². The number of hydrogen-bond donors (Lipinski definition) is 2. The molecule has 3 N–H and O–H groups in total. The Labute approximate surface area is 176 Å². The van der Waals surface area contributed by atoms with Crippen molar-refractivity contribution < 1.29 is 28.0 Å². The standard InChI is InChI=1S/C19H32N3O7P/c1-11(2)9-19-7-8-26-13(14(19)28-30(24,25)29-18(4,5)6)16(27-19)22-10-12(3)15(20)21-17(22)23/h10-11,13-14,16H,7-9H2,1-6H3,(H,24,25)(H2,20,21,23)/t13?,14?,16-,19-/m1/s1. The van der Waals surface area contributed by atoms with E-state index < -0.39 is 43.2 Å². The van der Waals surface area contributed by atoms with Gasteiger partial charge in [0, 0.05) is 18.2 Å². The van der Waals surface area contributed by atoms with Crippen molar-refractivity contribution in [3.8, 4) is 0 Å². The molecule has 5 atom stereocenters. The Kier molecular flexibility index (Phi) is 6.23. The van der Waals surface area contributed by atoms with E-state index in [1.54, 1.807) is 33.9 Å². The minimum Gasteiger partial charge on any atom is -0.383 e. The maximum Gasteiger partial charge on any atom is 0.473 e. The zero-order chi connectivity index (χ0) is 22.5. The minimum absolute atomic E-state index is 0.140. The first-order chi connectivity index (χ1) is 13.7. The van der Waals surface area contributed by atoms with Gasteiger partial charge in [-0.2, -0.15) is 4.98 Å². The first-order valence-electron chi connectivity index (χ1n) is 10.1. The van der Waals surface area contributed by atoms with Gasteiger partial charge in [-0.1, -0.05) is 13.8 Å². The van der Waals surface area contributed by atoms with Crippen molar-refractivity contribution in [1.29, 1.82) is 0 Å². The Morgan fingerprint density at radius 3 is 2.73 bits per heavy atom. The third-order valence-corrected chi connectivity index (χ3v) is 6.40. The number of rotatable bonds is 6. The van der Waals surface area contributed by atoms with Crippen molar-refractivity contribution in [3.63, 3.8) is 0 Å². The zero-order valence-corrected chi connectivity index (χ0v) is 19.2. The van der Waals surface area contributed by atoms with Crippen LogP contribution in [0.4, 0.5) is 5.82 Å². The predicted octanol–water partition coefficient (Wildman–Crippen LogP) is 2.54. The highest BCUT2D eigenvalue weighted by Crippen LogP contribution is 2.56. The molecule has 2 fully saturated rings. The van der Waals surface area contributed by atoms with Gasteiger partial charge in [0.15, 0.2) is 6.23 Å². The van der Waals surface area contributed by atoms with E-state index in [0.717, 1.165) is 0 Å². The van der Waals surface area contributed by atoms with Crippen molar-refractivity contribution in [3.05, 3.63) is 22.2 Å². The third kappa shape index (κ3) is 4.79. The molecule has 10 nitrogen and oxygen atoms in total. The van der Waals surface area contributed by atoms with Crippen LogP contribution in [0.2, 0.25) is 0 Å². The normalized spacial score (nSPS) is 31.1. The van der Waals surface area contributed by atoms with Gasteiger partial charge in [-0.3, -0.25) is 13.6 Å². The first kappa shape index (κ1) is 23.4. The summed E-state index contributed by atoms with van der Waals surface area (Å²) >= 11 is 0. The number of nitrogens with two attached hydrogens (primary N) is 1. The van der Waals surface area contributed by atoms with Gasteiger partial charge in [-0.25, -0.2) is 9.36 Å². The van der Waals surface area contributed by atoms with Gasteiger partial charge < -0.3 is 20.1 Å². The lowest BCUT2D eigenvalue weighted by Gasteiger charge is -2.40. The Morgan fingerprint density at radius 1 is 1.47 bits per heavy atom. The fourth-order valence-corrected chi connectivity index (χ4v) is 5.50. The van der Waals surface area contributed by atoms with Crippen LogP contribution in [0.5, 0.6) is 0 Å². The lowest BCUT2D eigenvalue weighted by molar-refractivity contribution is -0.131. The van der Waals surface area contributed by atoms with E-state index in [1.165, 1.54) is 4.57 Å². The summed E-state index contributed by atoms with van der Waals surface area (Å²) in [6.45, 7) is 11.2. The van der Waals surface area contributed by atoms with Crippen molar-refractivity contribution in [2.24, 2.45) is 5.92 Å². The van der Waals surface area contributed by atoms with Crippen LogP contribution in [0, 0.1) is 12.8 Å². The maximum absolute atomic E-state index is 12.8. The summed E-state index contributed by atoms with van der Waals surface area (Å²) in [4.78, 5) is 26.8. The molecule has 30 heavy (non-hydrogen) atoms. The second-order valence-corrected chi connectivity index (χ2v) is 10.8. The van der Waals surface area contributed by atoms with Crippen LogP contribution in [-0.2, 0) is 23.1 Å². The van der Waals surface area contributed by atoms with Crippen LogP contribution in [0.3, 0.4) is 0 Å². The molecule has 0 saturated carbocycles. The Morgan fingerprint density at radius 2 is 2.13 bits per heavy atom. The van der Waals surface area contributed by atoms with E-state index in [1.807, 2.05) is 13.8 Å². The molecule has 2 aliphatic rings. The molecule has 170 valence electrons. The average Bonchev–Trinajstić information content (AvgIpc) is 2.71. The topological polar surface area (TPSA) is 135 Å². The fourth-order valence-electron chi connectivity index (χ4n) is 4.16. The number of nitrogen functional groups attached to an aromatic ring is 1. The minimum atomic E-state index is -4.43. The first-order valence-corrected chi connectivity index (χ1v) is 11.6. The summed E-state index contributed by atoms with van der Waals surface area (Å²) in [7, 11) is -4.43. The average molecular weight is 445 g/mol. The number of hydrogen-bond acceptors (Lipinski definition) is 8. The molecule has 0 amide bonds. The molecule has 2 aliphatic heterocycles. The molecule has 1 aromatic heterocycles. The highest BCUT2D eigenvalue weighted by atomic mass is 31.2. The molecule has 1 aromatic rings. The number of ether oxygens (including phenoxy) is 2. The number of phosphoric acid groups is 1. The van der Waals surface area contributed by atoms with Gasteiger partial charge >= 0.3 is 13.5 Å². The van der Waals surface area contributed by atoms with Gasteiger partial charge in [0.2, 0.25) is 0 Å². The van der Waals surface area contributed by atoms with Crippen LogP contribution < -0.4 is 11.4 Å². The summed E-state index contributed by atoms with van der Waals surface area (Å²) in [6, 6.07) is 0. The fraction of sp³-hybridized carbons (Fsp3) is 0.789. The number of nitrogens with zero attached hydrogens (tertiary/aromatic N) is 2. The number of anilines is 1. The van der Waals surface area contributed by atoms with Crippen LogP contribution in [0.1, 0.15) is 59.3 Å². The van der Waals surface area contributed by atoms with Gasteiger partial charge in [-0.05, 0) is 40.0 Å². The highest BCUT2D eigenvalue weighted by molar-refractivity contribution is 7.47. The SMILES string of the molecule is Cc1cn([C@@H]2O[C@@]3(CC(C)C)CCOC2C3OP(=O)(O)OC(C)(C)C)c(=O)nc1N. The molecular weight excluding hydrogens is 413 g/mol. The van der Waals surface area contributed by atoms with Crippen molar-refractivity contribution in [1.82, 2.24) is 9.55 Å². The molecule has 2 bridgehead atoms. The van der Waals surface area contributed by atoms with Crippen molar-refractivity contribution >= 4 is 13.6 Å². The van der Waals surface area contributed by atoms with Crippen LogP contribution in [-0.4, -0.2) is 44.5 Å². The summed E-state index contributed by atoms with van der Waals surface area (Å²) in [6.07, 6.45) is 0.00795. The van der Waals surface area contributed by atoms with Gasteiger partial charge in [0.05, 0.1) is 12.2 Å². The number of aryl methyl sites for hydroxylation is 1. The maximum atomic E-state index is 12.8. The Hall–Kier alpha value is -1.29. The summed E-state index contributed by atoms with van der Waals surface area (Å²) < 4.78 is 37.3. The Bertz CT molecular complexity index is 897. The van der Waals surface area contributed by atoms with E-state index in [4.69, 9.17) is 24.3 Å². The van der Waals surface area contributed by atoms with E-state index in [2.05, 4.69) is 4.98 Å². The second kappa shape index (κ2) is 8.00.